The molecule has 2 aromatic carbocycles. The van der Waals surface area contributed by atoms with E-state index < -0.39 is 0 Å². The van der Waals surface area contributed by atoms with E-state index in [2.05, 4.69) is 53.4 Å². The van der Waals surface area contributed by atoms with Crippen LogP contribution in [-0.4, -0.2) is 71.6 Å². The van der Waals surface area contributed by atoms with Gasteiger partial charge in [-0.2, -0.15) is 5.26 Å². The van der Waals surface area contributed by atoms with Crippen LogP contribution in [0.2, 0.25) is 0 Å². The summed E-state index contributed by atoms with van der Waals surface area (Å²) >= 11 is 0. The molecule has 1 amide bonds. The van der Waals surface area contributed by atoms with Gasteiger partial charge in [-0.3, -0.25) is 9.69 Å². The number of hydrogen-bond donors (Lipinski definition) is 1. The zero-order chi connectivity index (χ0) is 22.1. The normalized spacial score (nSPS) is 15.0. The second-order valence-electron chi connectivity index (χ2n) is 7.56. The van der Waals surface area contributed by atoms with Gasteiger partial charge in [0.25, 0.3) is 5.91 Å². The fourth-order valence-corrected chi connectivity index (χ4v) is 4.00. The van der Waals surface area contributed by atoms with E-state index in [4.69, 9.17) is 5.11 Å². The smallest absolute Gasteiger partial charge is 0.266 e. The highest BCUT2D eigenvalue weighted by molar-refractivity contribution is 5.97. The van der Waals surface area contributed by atoms with Gasteiger partial charge >= 0.3 is 0 Å². The zero-order valence-electron chi connectivity index (χ0n) is 18.0. The van der Waals surface area contributed by atoms with Crippen molar-refractivity contribution in [1.82, 2.24) is 14.7 Å². The molecule has 1 N–H and O–H groups in total. The van der Waals surface area contributed by atoms with E-state index >= 15 is 0 Å². The number of likely N-dealkylation sites (N-methyl/N-ethyl adjacent to an activating group) is 1. The summed E-state index contributed by atoms with van der Waals surface area (Å²) in [5, 5.41) is 18.7. The number of carbonyl (C=O) groups excluding carboxylic acids is 1. The number of aliphatic hydroxyl groups is 1. The minimum absolute atomic E-state index is 0.0176. The first-order valence-electron chi connectivity index (χ1n) is 10.8. The third-order valence-electron chi connectivity index (χ3n) is 5.65. The summed E-state index contributed by atoms with van der Waals surface area (Å²) in [5.41, 5.74) is 2.58. The van der Waals surface area contributed by atoms with Crippen molar-refractivity contribution in [1.29, 1.82) is 5.26 Å². The highest BCUT2D eigenvalue weighted by Gasteiger charge is 2.29. The minimum Gasteiger partial charge on any atom is -0.395 e. The molecule has 1 fully saturated rings. The van der Waals surface area contributed by atoms with Gasteiger partial charge < -0.3 is 14.9 Å². The molecule has 0 aromatic heterocycles. The van der Waals surface area contributed by atoms with Crippen molar-refractivity contribution in [2.45, 2.75) is 13.0 Å². The number of nitriles is 1. The second-order valence-corrected chi connectivity index (χ2v) is 7.56. The Bertz CT molecular complexity index is 861. The molecule has 1 aliphatic heterocycles. The molecule has 6 heteroatoms. The quantitative estimate of drug-likeness (QED) is 0.527. The topological polar surface area (TPSA) is 70.8 Å². The molecular formula is C25H30N4O2. The van der Waals surface area contributed by atoms with Gasteiger partial charge in [-0.15, -0.1) is 0 Å². The van der Waals surface area contributed by atoms with Crippen molar-refractivity contribution in [2.75, 3.05) is 45.9 Å². The van der Waals surface area contributed by atoms with Crippen LogP contribution in [0, 0.1) is 11.3 Å². The molecule has 0 spiro atoms. The third kappa shape index (κ3) is 5.72. The Balaban J connectivity index is 1.73. The van der Waals surface area contributed by atoms with E-state index in [9.17, 15) is 10.1 Å². The number of piperazine rings is 1. The minimum atomic E-state index is -0.241. The standard InChI is InChI=1S/C25H30N4O2/c1-2-27(17-18-30)20-23(19-26)25(31)29-15-13-28(14-16-29)24(21-9-5-3-6-10-21)22-11-7-4-8-12-22/h3-12,20,24,30H,2,13-18H2,1H3/b23-20-. The SMILES string of the molecule is CCN(/C=C(/C#N)C(=O)N1CCN(C(c2ccccc2)c2ccccc2)CC1)CCO. The van der Waals surface area contributed by atoms with Crippen LogP contribution in [0.3, 0.4) is 0 Å². The van der Waals surface area contributed by atoms with Gasteiger partial charge in [0.05, 0.1) is 12.6 Å². The molecule has 0 atom stereocenters. The maximum Gasteiger partial charge on any atom is 0.266 e. The average Bonchev–Trinajstić information content (AvgIpc) is 2.83. The Morgan fingerprint density at radius 3 is 2.06 bits per heavy atom. The van der Waals surface area contributed by atoms with E-state index in [0.717, 1.165) is 13.1 Å². The maximum atomic E-state index is 12.9. The highest BCUT2D eigenvalue weighted by Crippen LogP contribution is 2.29. The van der Waals surface area contributed by atoms with Crippen LogP contribution in [0.4, 0.5) is 0 Å². The van der Waals surface area contributed by atoms with E-state index in [-0.39, 0.29) is 24.1 Å². The van der Waals surface area contributed by atoms with Crippen molar-refractivity contribution >= 4 is 5.91 Å². The van der Waals surface area contributed by atoms with Crippen molar-refractivity contribution in [3.8, 4) is 6.07 Å². The van der Waals surface area contributed by atoms with Gasteiger partial charge in [0.2, 0.25) is 0 Å². The molecule has 2 aromatic rings. The van der Waals surface area contributed by atoms with Gasteiger partial charge in [-0.1, -0.05) is 60.7 Å². The molecule has 0 radical (unpaired) electrons. The summed E-state index contributed by atoms with van der Waals surface area (Å²) < 4.78 is 0. The Kier molecular flexibility index (Phi) is 8.22. The molecule has 1 heterocycles. The Morgan fingerprint density at radius 1 is 1.06 bits per heavy atom. The van der Waals surface area contributed by atoms with Crippen molar-refractivity contribution in [3.63, 3.8) is 0 Å². The lowest BCUT2D eigenvalue weighted by Crippen LogP contribution is -2.50. The fraction of sp³-hybridized carbons (Fsp3) is 0.360. The van der Waals surface area contributed by atoms with Crippen molar-refractivity contribution < 1.29 is 9.90 Å². The molecule has 31 heavy (non-hydrogen) atoms. The Labute approximate surface area is 184 Å². The predicted molar refractivity (Wildman–Crippen MR) is 121 cm³/mol. The van der Waals surface area contributed by atoms with Crippen LogP contribution in [0.5, 0.6) is 0 Å². The van der Waals surface area contributed by atoms with Gasteiger partial charge in [-0.25, -0.2) is 0 Å². The molecule has 0 saturated carbocycles. The molecule has 6 nitrogen and oxygen atoms in total. The molecule has 1 aliphatic rings. The molecule has 0 unspecified atom stereocenters. The average molecular weight is 419 g/mol. The van der Waals surface area contributed by atoms with E-state index in [1.54, 1.807) is 16.0 Å². The van der Waals surface area contributed by atoms with E-state index in [0.29, 0.717) is 26.2 Å². The van der Waals surface area contributed by atoms with Crippen LogP contribution in [0.25, 0.3) is 0 Å². The number of rotatable bonds is 8. The van der Waals surface area contributed by atoms with Crippen LogP contribution in [0.1, 0.15) is 24.1 Å². The number of amides is 1. The number of aliphatic hydroxyl groups excluding tert-OH is 1. The lowest BCUT2D eigenvalue weighted by molar-refractivity contribution is -0.128. The number of hydrogen-bond acceptors (Lipinski definition) is 5. The van der Waals surface area contributed by atoms with Crippen LogP contribution in [-0.2, 0) is 4.79 Å². The van der Waals surface area contributed by atoms with Gasteiger partial charge in [0.1, 0.15) is 11.6 Å². The molecular weight excluding hydrogens is 388 g/mol. The summed E-state index contributed by atoms with van der Waals surface area (Å²) in [6.07, 6.45) is 1.57. The lowest BCUT2D eigenvalue weighted by atomic mass is 9.96. The van der Waals surface area contributed by atoms with Gasteiger partial charge in [0.15, 0.2) is 0 Å². The van der Waals surface area contributed by atoms with Crippen LogP contribution < -0.4 is 0 Å². The maximum absolute atomic E-state index is 12.9. The molecule has 0 bridgehead atoms. The Hall–Kier alpha value is -3.14. The second kappa shape index (κ2) is 11.3. The summed E-state index contributed by atoms with van der Waals surface area (Å²) in [6, 6.07) is 23.0. The number of nitrogens with zero attached hydrogens (tertiary/aromatic N) is 4. The summed E-state index contributed by atoms with van der Waals surface area (Å²) in [7, 11) is 0. The number of benzene rings is 2. The summed E-state index contributed by atoms with van der Waals surface area (Å²) in [4.78, 5) is 18.9. The van der Waals surface area contributed by atoms with Crippen molar-refractivity contribution in [3.05, 3.63) is 83.6 Å². The molecule has 3 rings (SSSR count). The molecule has 1 saturated heterocycles. The van der Waals surface area contributed by atoms with Gasteiger partial charge in [0, 0.05) is 45.5 Å². The van der Waals surface area contributed by atoms with Crippen molar-refractivity contribution in [2.24, 2.45) is 0 Å². The van der Waals surface area contributed by atoms with E-state index in [1.807, 2.05) is 25.1 Å². The third-order valence-corrected chi connectivity index (χ3v) is 5.65. The van der Waals surface area contributed by atoms with Gasteiger partial charge in [-0.05, 0) is 18.1 Å². The highest BCUT2D eigenvalue weighted by atomic mass is 16.3. The summed E-state index contributed by atoms with van der Waals surface area (Å²) in [6.45, 7) is 5.54. The fourth-order valence-electron chi connectivity index (χ4n) is 4.00. The molecule has 0 aliphatic carbocycles. The summed E-state index contributed by atoms with van der Waals surface area (Å²) in [5.74, 6) is -0.241. The van der Waals surface area contributed by atoms with Crippen LogP contribution in [0.15, 0.2) is 72.4 Å². The predicted octanol–water partition coefficient (Wildman–Crippen LogP) is 2.64. The molecule has 162 valence electrons. The first-order valence-corrected chi connectivity index (χ1v) is 10.8. The van der Waals surface area contributed by atoms with E-state index in [1.165, 1.54) is 11.1 Å². The Morgan fingerprint density at radius 2 is 1.61 bits per heavy atom. The van der Waals surface area contributed by atoms with Crippen LogP contribution >= 0.6 is 0 Å². The largest absolute Gasteiger partial charge is 0.395 e. The first-order chi connectivity index (χ1) is 15.2. The first kappa shape index (κ1) is 22.5. The zero-order valence-corrected chi connectivity index (χ0v) is 18.0. The lowest BCUT2D eigenvalue weighted by Gasteiger charge is -2.39. The monoisotopic (exact) mass is 418 g/mol. The number of carbonyl (C=O) groups is 1.